The van der Waals surface area contributed by atoms with Gasteiger partial charge in [-0.1, -0.05) is 87.5 Å². The fraction of sp³-hybridized carbons (Fsp3) is 0.864. The molecule has 0 heterocycles. The molecule has 7 nitrogen and oxygen atoms in total. The van der Waals surface area contributed by atoms with Gasteiger partial charge in [-0.15, -0.1) is 0 Å². The summed E-state index contributed by atoms with van der Waals surface area (Å²) in [6.07, 6.45) is 10.7. The fourth-order valence-electron chi connectivity index (χ4n) is 2.84. The summed E-state index contributed by atoms with van der Waals surface area (Å²) in [5.41, 5.74) is 0. The maximum Gasteiger partial charge on any atom is 0.381 e. The third-order valence-electron chi connectivity index (χ3n) is 4.69. The highest BCUT2D eigenvalue weighted by Crippen LogP contribution is 2.17. The van der Waals surface area contributed by atoms with Gasteiger partial charge in [0, 0.05) is 0 Å². The summed E-state index contributed by atoms with van der Waals surface area (Å²) in [4.78, 5) is 52.1. The summed E-state index contributed by atoms with van der Waals surface area (Å²) in [5, 5.41) is -0.629. The van der Waals surface area contributed by atoms with Crippen LogP contribution in [0.5, 0.6) is 0 Å². The summed E-state index contributed by atoms with van der Waals surface area (Å²) in [5.74, 6) is -1.89. The number of unbranched alkanes of at least 4 members (excludes halogenated alkanes) is 6. The molecule has 30 heavy (non-hydrogen) atoms. The van der Waals surface area contributed by atoms with E-state index in [0.29, 0.717) is 25.7 Å². The van der Waals surface area contributed by atoms with Gasteiger partial charge in [0.2, 0.25) is 5.39 Å². The Bertz CT molecular complexity index is 429. The van der Waals surface area contributed by atoms with Crippen LogP contribution in [0.15, 0.2) is 0 Å². The molecular formula is C22H46BNO6. The minimum Gasteiger partial charge on any atom is -0.245 e. The van der Waals surface area contributed by atoms with Crippen LogP contribution in [0.2, 0.25) is 0 Å². The molecule has 178 valence electrons. The highest BCUT2D eigenvalue weighted by molar-refractivity contribution is 5.75. The molecular weight excluding hydrogens is 385 g/mol. The Morgan fingerprint density at radius 2 is 1.03 bits per heavy atom. The SMILES string of the molecule is CCCCCC(=O)O[NH+](OC(=O)CCCCC)OC(=O)C(CCCC)CCCC.[BH4-]. The van der Waals surface area contributed by atoms with E-state index in [2.05, 4.69) is 13.8 Å². The van der Waals surface area contributed by atoms with E-state index >= 15 is 0 Å². The summed E-state index contributed by atoms with van der Waals surface area (Å²) in [6.45, 7) is 8.21. The lowest BCUT2D eigenvalue weighted by molar-refractivity contribution is -1.34. The Hall–Kier alpha value is -1.57. The largest absolute Gasteiger partial charge is 0.381 e. The van der Waals surface area contributed by atoms with E-state index in [-0.39, 0.29) is 27.2 Å². The molecule has 0 fully saturated rings. The number of hydrogen-bond donors (Lipinski definition) is 1. The normalized spacial score (nSPS) is 10.6. The molecule has 0 aliphatic carbocycles. The second kappa shape index (κ2) is 20.7. The number of hydrogen-bond acceptors (Lipinski definition) is 6. The lowest BCUT2D eigenvalue weighted by Gasteiger charge is -2.17. The minimum atomic E-state index is -0.629. The van der Waals surface area contributed by atoms with Gasteiger partial charge in [-0.2, -0.15) is 14.5 Å². The van der Waals surface area contributed by atoms with Crippen molar-refractivity contribution in [2.24, 2.45) is 5.92 Å². The van der Waals surface area contributed by atoms with Crippen LogP contribution in [-0.4, -0.2) is 26.3 Å². The lowest BCUT2D eigenvalue weighted by Crippen LogP contribution is -3.10. The van der Waals surface area contributed by atoms with Crippen LogP contribution in [0.3, 0.4) is 0 Å². The summed E-state index contributed by atoms with van der Waals surface area (Å²) < 4.78 is 0. The molecule has 0 aromatic heterocycles. The molecule has 0 radical (unpaired) electrons. The molecule has 0 aromatic rings. The van der Waals surface area contributed by atoms with Gasteiger partial charge in [0.1, 0.15) is 0 Å². The van der Waals surface area contributed by atoms with Crippen molar-refractivity contribution in [3.05, 3.63) is 0 Å². The monoisotopic (exact) mass is 431 g/mol. The number of rotatable bonds is 18. The first-order valence-corrected chi connectivity index (χ1v) is 11.5. The van der Waals surface area contributed by atoms with E-state index in [1.807, 2.05) is 13.8 Å². The van der Waals surface area contributed by atoms with Gasteiger partial charge < -0.3 is 0 Å². The smallest absolute Gasteiger partial charge is 0.245 e. The number of carbonyl (C=O) groups excluding carboxylic acids is 3. The summed E-state index contributed by atoms with van der Waals surface area (Å²) in [6, 6.07) is 0. The van der Waals surface area contributed by atoms with E-state index in [1.165, 1.54) is 0 Å². The Balaban J connectivity index is 0. The van der Waals surface area contributed by atoms with Crippen molar-refractivity contribution in [1.29, 1.82) is 0 Å². The van der Waals surface area contributed by atoms with E-state index < -0.39 is 23.3 Å². The Morgan fingerprint density at radius 1 is 0.633 bits per heavy atom. The van der Waals surface area contributed by atoms with Crippen molar-refractivity contribution in [2.75, 3.05) is 0 Å². The van der Waals surface area contributed by atoms with Crippen LogP contribution in [-0.2, 0) is 28.9 Å². The second-order valence-electron chi connectivity index (χ2n) is 7.51. The Morgan fingerprint density at radius 3 is 1.40 bits per heavy atom. The summed E-state index contributed by atoms with van der Waals surface area (Å²) >= 11 is 0. The first kappa shape index (κ1) is 30.6. The maximum atomic E-state index is 12.6. The van der Waals surface area contributed by atoms with Gasteiger partial charge in [0.25, 0.3) is 0 Å². The van der Waals surface area contributed by atoms with Crippen LogP contribution in [0.4, 0.5) is 0 Å². The molecule has 0 atom stereocenters. The first-order valence-electron chi connectivity index (χ1n) is 11.5. The molecule has 0 aliphatic heterocycles. The zero-order valence-corrected chi connectivity index (χ0v) is 18.9. The van der Waals surface area contributed by atoms with Crippen LogP contribution < -0.4 is 5.39 Å². The zero-order valence-electron chi connectivity index (χ0n) is 18.9. The highest BCUT2D eigenvalue weighted by Gasteiger charge is 2.30. The quantitative estimate of drug-likeness (QED) is 0.204. The van der Waals surface area contributed by atoms with E-state index in [4.69, 9.17) is 14.5 Å². The van der Waals surface area contributed by atoms with Crippen molar-refractivity contribution in [3.63, 3.8) is 0 Å². The fourth-order valence-corrected chi connectivity index (χ4v) is 2.84. The first-order chi connectivity index (χ1) is 14.0. The molecule has 0 bridgehead atoms. The van der Waals surface area contributed by atoms with Crippen molar-refractivity contribution < 1.29 is 34.3 Å². The van der Waals surface area contributed by atoms with Crippen LogP contribution in [0, 0.1) is 5.92 Å². The highest BCUT2D eigenvalue weighted by atomic mass is 17.2. The molecule has 1 N–H and O–H groups in total. The van der Waals surface area contributed by atoms with Crippen LogP contribution >= 0.6 is 0 Å². The molecule has 8 heteroatoms. The number of nitrogens with one attached hydrogen (secondary N) is 1. The lowest BCUT2D eigenvalue weighted by atomic mass is 9.96. The number of carbonyl (C=O) groups is 3. The zero-order chi connectivity index (χ0) is 21.9. The molecule has 0 aromatic carbocycles. The predicted molar refractivity (Wildman–Crippen MR) is 121 cm³/mol. The van der Waals surface area contributed by atoms with Gasteiger partial charge >= 0.3 is 17.9 Å². The second-order valence-corrected chi connectivity index (χ2v) is 7.51. The Kier molecular flexibility index (Phi) is 21.1. The van der Waals surface area contributed by atoms with Crippen molar-refractivity contribution in [2.45, 2.75) is 118 Å². The van der Waals surface area contributed by atoms with Gasteiger partial charge in [0.05, 0.1) is 18.8 Å². The minimum absolute atomic E-state index is 0. The van der Waals surface area contributed by atoms with Gasteiger partial charge in [-0.05, 0) is 25.7 Å². The number of quaternary nitrogens is 1. The third kappa shape index (κ3) is 16.3. The molecule has 0 amide bonds. The molecule has 0 saturated carbocycles. The summed E-state index contributed by atoms with van der Waals surface area (Å²) in [7, 11) is 0. The maximum absolute atomic E-state index is 12.6. The molecule has 0 aliphatic rings. The third-order valence-corrected chi connectivity index (χ3v) is 4.69. The van der Waals surface area contributed by atoms with Crippen molar-refractivity contribution >= 4 is 26.3 Å². The molecule has 0 unspecified atom stereocenters. The topological polar surface area (TPSA) is 83.3 Å². The molecule has 0 spiro atoms. The van der Waals surface area contributed by atoms with Gasteiger partial charge in [-0.25, -0.2) is 14.4 Å². The van der Waals surface area contributed by atoms with Crippen LogP contribution in [0.1, 0.15) is 118 Å². The van der Waals surface area contributed by atoms with E-state index in [0.717, 1.165) is 51.4 Å². The Labute approximate surface area is 184 Å². The molecule has 0 saturated heterocycles. The average molecular weight is 431 g/mol. The molecule has 0 rings (SSSR count). The van der Waals surface area contributed by atoms with Crippen LogP contribution in [0.25, 0.3) is 0 Å². The standard InChI is InChI=1S/C22H42NO6.BH4/c1-5-9-13-17-20(24)27-23(28-21(25)18-14-10-6-2)29-22(26)19(15-11-7-3)16-12-8-4;/h19,23H,5-18H2,1-4H3;1H4/q+1;-1. The van der Waals surface area contributed by atoms with Crippen molar-refractivity contribution in [1.82, 2.24) is 0 Å². The predicted octanol–water partition coefficient (Wildman–Crippen LogP) is 2.95. The van der Waals surface area contributed by atoms with Gasteiger partial charge in [-0.3, -0.25) is 0 Å². The average Bonchev–Trinajstić information content (AvgIpc) is 2.68. The van der Waals surface area contributed by atoms with Crippen molar-refractivity contribution in [3.8, 4) is 0 Å². The van der Waals surface area contributed by atoms with E-state index in [1.54, 1.807) is 0 Å². The van der Waals surface area contributed by atoms with Gasteiger partial charge in [0.15, 0.2) is 0 Å². The van der Waals surface area contributed by atoms with E-state index in [9.17, 15) is 14.4 Å².